The minimum absolute atomic E-state index is 0.0316. The molecule has 0 N–H and O–H groups in total. The van der Waals surface area contributed by atoms with Crippen LogP contribution in [0.1, 0.15) is 95.6 Å². The van der Waals surface area contributed by atoms with Crippen molar-refractivity contribution in [3.05, 3.63) is 130 Å². The number of nitrogens with zero attached hydrogens (tertiary/aromatic N) is 1. The first-order chi connectivity index (χ1) is 22.2. The summed E-state index contributed by atoms with van der Waals surface area (Å²) in [5.74, 6) is 1.06. The molecule has 0 radical (unpaired) electrons. The number of esters is 1. The summed E-state index contributed by atoms with van der Waals surface area (Å²) in [6.45, 7) is 7.16. The highest BCUT2D eigenvalue weighted by Gasteiger charge is 2.54. The Morgan fingerprint density at radius 3 is 2.48 bits per heavy atom. The molecule has 4 nitrogen and oxygen atoms in total. The molecule has 3 aliphatic heterocycles. The molecular formula is C41H36FNO3. The van der Waals surface area contributed by atoms with Crippen LogP contribution in [-0.4, -0.2) is 12.5 Å². The molecule has 0 saturated heterocycles. The highest BCUT2D eigenvalue weighted by molar-refractivity contribution is 5.99. The third-order valence-electron chi connectivity index (χ3n) is 10.9. The topological polar surface area (TPSA) is 38.8 Å². The van der Waals surface area contributed by atoms with Crippen LogP contribution in [0, 0.1) is 12.7 Å². The molecule has 1 unspecified atom stereocenters. The zero-order valence-electron chi connectivity index (χ0n) is 26.5. The van der Waals surface area contributed by atoms with Gasteiger partial charge >= 0.3 is 5.97 Å². The van der Waals surface area contributed by atoms with E-state index in [1.165, 1.54) is 55.0 Å². The molecule has 5 aromatic carbocycles. The van der Waals surface area contributed by atoms with Crippen molar-refractivity contribution < 1.29 is 18.7 Å². The Kier molecular flexibility index (Phi) is 5.82. The number of halogens is 1. The number of hydrogen-bond donors (Lipinski definition) is 0. The van der Waals surface area contributed by atoms with Crippen molar-refractivity contribution in [3.8, 4) is 11.5 Å². The molecule has 230 valence electrons. The molecule has 3 heterocycles. The second kappa shape index (κ2) is 9.68. The van der Waals surface area contributed by atoms with Crippen LogP contribution in [0.15, 0.2) is 84.9 Å². The highest BCUT2D eigenvalue weighted by atomic mass is 19.1. The third kappa shape index (κ3) is 3.81. The van der Waals surface area contributed by atoms with Gasteiger partial charge in [0.15, 0.2) is 5.60 Å². The first kappa shape index (κ1) is 27.7. The summed E-state index contributed by atoms with van der Waals surface area (Å²) in [4.78, 5) is 15.9. The van der Waals surface area contributed by atoms with Crippen molar-refractivity contribution in [3.63, 3.8) is 0 Å². The van der Waals surface area contributed by atoms with Crippen LogP contribution in [0.25, 0.3) is 10.8 Å². The smallest absolute Gasteiger partial charge is 0.340 e. The van der Waals surface area contributed by atoms with Crippen molar-refractivity contribution in [2.24, 2.45) is 0 Å². The van der Waals surface area contributed by atoms with E-state index in [-0.39, 0.29) is 11.2 Å². The zero-order valence-corrected chi connectivity index (χ0v) is 26.5. The van der Waals surface area contributed by atoms with E-state index in [1.807, 2.05) is 42.5 Å². The molecule has 0 bridgehead atoms. The van der Waals surface area contributed by atoms with Crippen LogP contribution in [-0.2, 0) is 15.8 Å². The van der Waals surface area contributed by atoms with E-state index in [0.29, 0.717) is 45.2 Å². The molecule has 1 fully saturated rings. The maximum atomic E-state index is 15.3. The number of hydrogen-bond acceptors (Lipinski definition) is 4. The van der Waals surface area contributed by atoms with Crippen LogP contribution in [0.4, 0.5) is 15.8 Å². The maximum Gasteiger partial charge on any atom is 0.340 e. The molecular weight excluding hydrogens is 573 g/mol. The Morgan fingerprint density at radius 2 is 1.63 bits per heavy atom. The van der Waals surface area contributed by atoms with E-state index in [9.17, 15) is 4.79 Å². The van der Waals surface area contributed by atoms with Gasteiger partial charge in [-0.25, -0.2) is 9.18 Å². The van der Waals surface area contributed by atoms with Gasteiger partial charge in [-0.2, -0.15) is 0 Å². The van der Waals surface area contributed by atoms with E-state index in [2.05, 4.69) is 49.1 Å². The Hall–Kier alpha value is -4.64. The number of benzene rings is 5. The van der Waals surface area contributed by atoms with Crippen LogP contribution in [0.2, 0.25) is 0 Å². The van der Waals surface area contributed by atoms with Gasteiger partial charge < -0.3 is 14.4 Å². The summed E-state index contributed by atoms with van der Waals surface area (Å²) < 4.78 is 28.5. The van der Waals surface area contributed by atoms with Gasteiger partial charge in [0.2, 0.25) is 0 Å². The lowest BCUT2D eigenvalue weighted by Gasteiger charge is -2.37. The number of carbonyl (C=O) groups is 1. The number of anilines is 2. The third-order valence-corrected chi connectivity index (χ3v) is 10.9. The molecule has 5 heteroatoms. The van der Waals surface area contributed by atoms with Crippen molar-refractivity contribution in [1.29, 1.82) is 0 Å². The molecule has 4 aliphatic rings. The first-order valence-corrected chi connectivity index (χ1v) is 16.6. The lowest BCUT2D eigenvalue weighted by Crippen LogP contribution is -2.33. The fourth-order valence-electron chi connectivity index (χ4n) is 8.55. The second-order valence-corrected chi connectivity index (χ2v) is 14.2. The average Bonchev–Trinajstić information content (AvgIpc) is 3.50. The van der Waals surface area contributed by atoms with E-state index < -0.39 is 11.6 Å². The Morgan fingerprint density at radius 1 is 0.826 bits per heavy atom. The largest absolute Gasteiger partial charge is 0.456 e. The molecule has 0 aromatic heterocycles. The first-order valence-electron chi connectivity index (χ1n) is 16.6. The molecule has 1 atom stereocenters. The molecule has 5 aromatic rings. The Bertz CT molecular complexity index is 2110. The van der Waals surface area contributed by atoms with Crippen molar-refractivity contribution in [1.82, 2.24) is 0 Å². The number of ether oxygens (including phenoxy) is 2. The summed E-state index contributed by atoms with van der Waals surface area (Å²) in [7, 11) is 0. The average molecular weight is 610 g/mol. The van der Waals surface area contributed by atoms with Gasteiger partial charge in [0, 0.05) is 51.5 Å². The monoisotopic (exact) mass is 609 g/mol. The molecule has 1 saturated carbocycles. The SMILES string of the molecule is Cc1cc2c(cc1F)C1(OC2=O)c2ccc(N3CC(C)(C)c4cc(C5CCCCC5)ccc43)cc2Oc2c1ccc1ccccc21. The molecule has 1 spiro atoms. The van der Waals surface area contributed by atoms with E-state index >= 15 is 4.39 Å². The summed E-state index contributed by atoms with van der Waals surface area (Å²) in [6, 6.07) is 28.3. The number of fused-ring (bicyclic) bond motifs is 9. The van der Waals surface area contributed by atoms with Crippen molar-refractivity contribution in [2.45, 2.75) is 69.8 Å². The summed E-state index contributed by atoms with van der Waals surface area (Å²) in [6.07, 6.45) is 6.54. The van der Waals surface area contributed by atoms with E-state index in [4.69, 9.17) is 9.47 Å². The number of rotatable bonds is 2. The Balaban J connectivity index is 1.22. The minimum Gasteiger partial charge on any atom is -0.456 e. The maximum absolute atomic E-state index is 15.3. The van der Waals surface area contributed by atoms with Crippen LogP contribution < -0.4 is 9.64 Å². The fraction of sp³-hybridized carbons (Fsp3) is 0.293. The van der Waals surface area contributed by atoms with Crippen molar-refractivity contribution in [2.75, 3.05) is 11.4 Å². The molecule has 46 heavy (non-hydrogen) atoms. The second-order valence-electron chi connectivity index (χ2n) is 14.2. The molecule has 0 amide bonds. The number of aryl methyl sites for hydroxylation is 1. The number of carbonyl (C=O) groups excluding carboxylic acids is 1. The van der Waals surface area contributed by atoms with Gasteiger partial charge in [-0.1, -0.05) is 75.6 Å². The normalized spacial score (nSPS) is 21.0. The quantitative estimate of drug-likeness (QED) is 0.187. The summed E-state index contributed by atoms with van der Waals surface area (Å²) >= 11 is 0. The van der Waals surface area contributed by atoms with Crippen LogP contribution >= 0.6 is 0 Å². The molecule has 9 rings (SSSR count). The van der Waals surface area contributed by atoms with Gasteiger partial charge in [-0.3, -0.25) is 0 Å². The van der Waals surface area contributed by atoms with Gasteiger partial charge in [0.1, 0.15) is 17.3 Å². The van der Waals surface area contributed by atoms with E-state index in [1.54, 1.807) is 13.0 Å². The predicted octanol–water partition coefficient (Wildman–Crippen LogP) is 10.3. The lowest BCUT2D eigenvalue weighted by molar-refractivity contribution is 0.0225. The van der Waals surface area contributed by atoms with Crippen molar-refractivity contribution >= 4 is 28.1 Å². The van der Waals surface area contributed by atoms with Crippen LogP contribution in [0.5, 0.6) is 11.5 Å². The van der Waals surface area contributed by atoms with Crippen LogP contribution in [0.3, 0.4) is 0 Å². The van der Waals surface area contributed by atoms with Gasteiger partial charge in [0.25, 0.3) is 0 Å². The van der Waals surface area contributed by atoms with E-state index in [0.717, 1.165) is 23.0 Å². The fourth-order valence-corrected chi connectivity index (χ4v) is 8.55. The van der Waals surface area contributed by atoms with Gasteiger partial charge in [-0.15, -0.1) is 0 Å². The minimum atomic E-state index is -1.33. The highest BCUT2D eigenvalue weighted by Crippen LogP contribution is 2.59. The zero-order chi connectivity index (χ0) is 31.4. The predicted molar refractivity (Wildman–Crippen MR) is 179 cm³/mol. The summed E-state index contributed by atoms with van der Waals surface area (Å²) in [5.41, 5.74) is 6.42. The van der Waals surface area contributed by atoms with Gasteiger partial charge in [-0.05, 0) is 84.2 Å². The lowest BCUT2D eigenvalue weighted by atomic mass is 9.76. The van der Waals surface area contributed by atoms with Gasteiger partial charge in [0.05, 0.1) is 5.56 Å². The standard InChI is InChI=1S/C41H36FNO3/c1-24-19-30-33(22-35(24)42)41(46-39(30)44)31-17-15-28(21-37(31)45-38-29-12-8-7-11-26(29)13-16-32(38)41)43-23-40(2,3)34-20-27(14-18-36(34)43)25-9-5-4-6-10-25/h7-8,11-22,25H,4-6,9-10,23H2,1-3H3. The summed E-state index contributed by atoms with van der Waals surface area (Å²) in [5, 5.41) is 1.93. The molecule has 1 aliphatic carbocycles. The Labute approximate surface area is 268 Å².